The summed E-state index contributed by atoms with van der Waals surface area (Å²) in [6, 6.07) is 29.9. The Labute approximate surface area is 171 Å². The van der Waals surface area contributed by atoms with Gasteiger partial charge in [0, 0.05) is 10.9 Å². The fourth-order valence-corrected chi connectivity index (χ4v) is 3.65. The molecule has 29 heavy (non-hydrogen) atoms. The van der Waals surface area contributed by atoms with E-state index in [0.717, 1.165) is 40.6 Å². The number of fused-ring (bicyclic) bond motifs is 1. The molecule has 0 aliphatic heterocycles. The number of nitrogens with zero attached hydrogens (tertiary/aromatic N) is 1. The smallest absolute Gasteiger partial charge is 0.252 e. The zero-order valence-electron chi connectivity index (χ0n) is 16.5. The number of carbonyl (C=O) groups excluding carboxylic acids is 1. The van der Waals surface area contributed by atoms with Crippen LogP contribution in [0.3, 0.4) is 0 Å². The van der Waals surface area contributed by atoms with Crippen molar-refractivity contribution in [2.24, 2.45) is 0 Å². The number of amides is 1. The molecule has 4 aromatic rings. The molecule has 1 atom stereocenters. The third-order valence-electron chi connectivity index (χ3n) is 5.11. The molecule has 0 fully saturated rings. The summed E-state index contributed by atoms with van der Waals surface area (Å²) in [5.74, 6) is -0.0666. The molecule has 1 heterocycles. The largest absolute Gasteiger partial charge is 0.345 e. The van der Waals surface area contributed by atoms with E-state index in [-0.39, 0.29) is 11.9 Å². The number of para-hydroxylation sites is 1. The van der Waals surface area contributed by atoms with Crippen LogP contribution in [0.25, 0.3) is 22.2 Å². The first-order valence-electron chi connectivity index (χ1n) is 10.1. The maximum Gasteiger partial charge on any atom is 0.252 e. The van der Waals surface area contributed by atoms with Crippen LogP contribution in [0.15, 0.2) is 91.0 Å². The first kappa shape index (κ1) is 18.9. The lowest BCUT2D eigenvalue weighted by atomic mass is 10.00. The highest BCUT2D eigenvalue weighted by molar-refractivity contribution is 6.07. The van der Waals surface area contributed by atoms with Gasteiger partial charge in [-0.3, -0.25) is 4.79 Å². The maximum absolute atomic E-state index is 13.4. The number of hydrogen-bond acceptors (Lipinski definition) is 2. The third kappa shape index (κ3) is 4.19. The summed E-state index contributed by atoms with van der Waals surface area (Å²) in [6.45, 7) is 2.14. The van der Waals surface area contributed by atoms with Crippen molar-refractivity contribution < 1.29 is 4.79 Å². The van der Waals surface area contributed by atoms with Crippen LogP contribution in [0.1, 0.15) is 41.7 Å². The molecule has 0 unspecified atom stereocenters. The van der Waals surface area contributed by atoms with Gasteiger partial charge < -0.3 is 5.32 Å². The van der Waals surface area contributed by atoms with Crippen LogP contribution >= 0.6 is 0 Å². The molecule has 3 nitrogen and oxygen atoms in total. The molecule has 4 rings (SSSR count). The van der Waals surface area contributed by atoms with E-state index in [1.165, 1.54) is 0 Å². The Kier molecular flexibility index (Phi) is 5.66. The summed E-state index contributed by atoms with van der Waals surface area (Å²) in [7, 11) is 0. The lowest BCUT2D eigenvalue weighted by Gasteiger charge is -2.19. The molecule has 0 radical (unpaired) electrons. The van der Waals surface area contributed by atoms with E-state index in [1.54, 1.807) is 0 Å². The SMILES string of the molecule is CCC[C@@H](NC(=O)c1cc(-c2ccccc2)nc2ccccc12)c1ccccc1. The van der Waals surface area contributed by atoms with Crippen LogP contribution in [-0.2, 0) is 0 Å². The van der Waals surface area contributed by atoms with E-state index < -0.39 is 0 Å². The molecule has 1 amide bonds. The molecular weight excluding hydrogens is 356 g/mol. The highest BCUT2D eigenvalue weighted by atomic mass is 16.1. The number of rotatable bonds is 6. The summed E-state index contributed by atoms with van der Waals surface area (Å²) >= 11 is 0. The van der Waals surface area contributed by atoms with E-state index >= 15 is 0 Å². The van der Waals surface area contributed by atoms with Gasteiger partial charge in [0.25, 0.3) is 5.91 Å². The molecule has 144 valence electrons. The van der Waals surface area contributed by atoms with Crippen molar-refractivity contribution in [1.29, 1.82) is 0 Å². The van der Waals surface area contributed by atoms with Crippen molar-refractivity contribution in [3.8, 4) is 11.3 Å². The standard InChI is InChI=1S/C26H24N2O/c1-2-11-23(19-12-5-3-6-13-19)28-26(29)22-18-25(20-14-7-4-8-15-20)27-24-17-10-9-16-21(22)24/h3-10,12-18,23H,2,11H2,1H3,(H,28,29)/t23-/m1/s1. The Morgan fingerprint density at radius 3 is 2.28 bits per heavy atom. The van der Waals surface area contributed by atoms with Crippen molar-refractivity contribution in [2.45, 2.75) is 25.8 Å². The number of pyridine rings is 1. The maximum atomic E-state index is 13.4. The Bertz CT molecular complexity index is 1110. The molecule has 0 aliphatic carbocycles. The van der Waals surface area contributed by atoms with Crippen molar-refractivity contribution in [3.63, 3.8) is 0 Å². The van der Waals surface area contributed by atoms with E-state index in [1.807, 2.05) is 78.9 Å². The Morgan fingerprint density at radius 2 is 1.55 bits per heavy atom. The van der Waals surface area contributed by atoms with Gasteiger partial charge in [-0.05, 0) is 24.1 Å². The molecule has 0 saturated carbocycles. The Morgan fingerprint density at radius 1 is 0.897 bits per heavy atom. The average molecular weight is 380 g/mol. The Hall–Kier alpha value is -3.46. The quantitative estimate of drug-likeness (QED) is 0.434. The topological polar surface area (TPSA) is 42.0 Å². The minimum Gasteiger partial charge on any atom is -0.345 e. The number of hydrogen-bond donors (Lipinski definition) is 1. The minimum atomic E-state index is -0.0666. The number of nitrogens with one attached hydrogen (secondary N) is 1. The molecule has 3 aromatic carbocycles. The van der Waals surface area contributed by atoms with Gasteiger partial charge >= 0.3 is 0 Å². The van der Waals surface area contributed by atoms with E-state index in [2.05, 4.69) is 24.4 Å². The normalized spacial score (nSPS) is 11.9. The van der Waals surface area contributed by atoms with Crippen LogP contribution in [-0.4, -0.2) is 10.9 Å². The van der Waals surface area contributed by atoms with Crippen molar-refractivity contribution in [2.75, 3.05) is 0 Å². The Balaban J connectivity index is 1.74. The monoisotopic (exact) mass is 380 g/mol. The number of benzene rings is 3. The van der Waals surface area contributed by atoms with Gasteiger partial charge in [0.2, 0.25) is 0 Å². The van der Waals surface area contributed by atoms with E-state index in [4.69, 9.17) is 4.98 Å². The van der Waals surface area contributed by atoms with Crippen LogP contribution < -0.4 is 5.32 Å². The van der Waals surface area contributed by atoms with E-state index in [9.17, 15) is 4.79 Å². The van der Waals surface area contributed by atoms with Gasteiger partial charge in [-0.1, -0.05) is 92.2 Å². The summed E-state index contributed by atoms with van der Waals surface area (Å²) in [6.07, 6.45) is 1.89. The summed E-state index contributed by atoms with van der Waals surface area (Å²) in [4.78, 5) is 18.1. The van der Waals surface area contributed by atoms with Crippen LogP contribution in [0.4, 0.5) is 0 Å². The predicted octanol–water partition coefficient (Wildman–Crippen LogP) is 6.17. The average Bonchev–Trinajstić information content (AvgIpc) is 2.79. The summed E-state index contributed by atoms with van der Waals surface area (Å²) < 4.78 is 0. The highest BCUT2D eigenvalue weighted by Crippen LogP contribution is 2.26. The van der Waals surface area contributed by atoms with Crippen molar-refractivity contribution >= 4 is 16.8 Å². The second-order valence-corrected chi connectivity index (χ2v) is 7.16. The van der Waals surface area contributed by atoms with Crippen molar-refractivity contribution in [1.82, 2.24) is 10.3 Å². The minimum absolute atomic E-state index is 0.0131. The highest BCUT2D eigenvalue weighted by Gasteiger charge is 2.18. The molecular formula is C26H24N2O. The molecule has 0 spiro atoms. The lowest BCUT2D eigenvalue weighted by molar-refractivity contribution is 0.0936. The first-order chi connectivity index (χ1) is 14.3. The predicted molar refractivity (Wildman–Crippen MR) is 119 cm³/mol. The first-order valence-corrected chi connectivity index (χ1v) is 10.1. The number of carbonyl (C=O) groups is 1. The summed E-state index contributed by atoms with van der Waals surface area (Å²) in [5.41, 5.74) is 4.42. The fourth-order valence-electron chi connectivity index (χ4n) is 3.65. The van der Waals surface area contributed by atoms with E-state index in [0.29, 0.717) is 5.56 Å². The fraction of sp³-hybridized carbons (Fsp3) is 0.154. The van der Waals surface area contributed by atoms with Gasteiger partial charge in [0.15, 0.2) is 0 Å². The van der Waals surface area contributed by atoms with Crippen LogP contribution in [0.5, 0.6) is 0 Å². The van der Waals surface area contributed by atoms with Crippen LogP contribution in [0, 0.1) is 0 Å². The second kappa shape index (κ2) is 8.70. The third-order valence-corrected chi connectivity index (χ3v) is 5.11. The lowest BCUT2D eigenvalue weighted by Crippen LogP contribution is -2.28. The molecule has 1 aromatic heterocycles. The molecule has 1 N–H and O–H groups in total. The zero-order valence-corrected chi connectivity index (χ0v) is 16.5. The number of aromatic nitrogens is 1. The summed E-state index contributed by atoms with van der Waals surface area (Å²) in [5, 5.41) is 4.12. The molecule has 0 saturated heterocycles. The van der Waals surface area contributed by atoms with Gasteiger partial charge in [0.05, 0.1) is 22.8 Å². The van der Waals surface area contributed by atoms with Crippen LogP contribution in [0.2, 0.25) is 0 Å². The van der Waals surface area contributed by atoms with Gasteiger partial charge in [-0.2, -0.15) is 0 Å². The van der Waals surface area contributed by atoms with Gasteiger partial charge in [-0.25, -0.2) is 4.98 Å². The second-order valence-electron chi connectivity index (χ2n) is 7.16. The molecule has 3 heteroatoms. The zero-order chi connectivity index (χ0) is 20.1. The van der Waals surface area contributed by atoms with Gasteiger partial charge in [0.1, 0.15) is 0 Å². The molecule has 0 aliphatic rings. The molecule has 0 bridgehead atoms. The van der Waals surface area contributed by atoms with Gasteiger partial charge in [-0.15, -0.1) is 0 Å². The van der Waals surface area contributed by atoms with Crippen molar-refractivity contribution in [3.05, 3.63) is 102 Å².